The molecule has 3 rings (SSSR count). The molecule has 8 nitrogen and oxygen atoms in total. The van der Waals surface area contributed by atoms with Crippen LogP contribution in [0, 0.1) is 0 Å². The van der Waals surface area contributed by atoms with Gasteiger partial charge in [-0.3, -0.25) is 24.3 Å². The largest absolute Gasteiger partial charge is 0.490 e. The summed E-state index contributed by atoms with van der Waals surface area (Å²) in [6.07, 6.45) is 4.47. The summed E-state index contributed by atoms with van der Waals surface area (Å²) in [5, 5.41) is 2.81. The smallest absolute Gasteiger partial charge is 0.251 e. The Bertz CT molecular complexity index is 885. The number of likely N-dealkylation sites (tertiary alicyclic amines) is 1. The van der Waals surface area contributed by atoms with Crippen molar-refractivity contribution in [2.24, 2.45) is 0 Å². The number of hydrogen-bond acceptors (Lipinski definition) is 6. The van der Waals surface area contributed by atoms with Crippen molar-refractivity contribution in [3.8, 4) is 11.5 Å². The van der Waals surface area contributed by atoms with Crippen LogP contribution < -0.4 is 14.8 Å². The molecule has 2 aromatic rings. The number of aromatic nitrogens is 1. The van der Waals surface area contributed by atoms with E-state index in [0.717, 1.165) is 5.56 Å². The number of rotatable bonds is 10. The van der Waals surface area contributed by atoms with Crippen LogP contribution in [0.25, 0.3) is 0 Å². The first-order valence-electron chi connectivity index (χ1n) is 9.98. The molecule has 1 aliphatic rings. The van der Waals surface area contributed by atoms with E-state index in [0.29, 0.717) is 49.8 Å². The molecule has 30 heavy (non-hydrogen) atoms. The second-order valence-corrected chi connectivity index (χ2v) is 6.79. The van der Waals surface area contributed by atoms with Gasteiger partial charge in [-0.1, -0.05) is 0 Å². The second kappa shape index (κ2) is 10.4. The van der Waals surface area contributed by atoms with Gasteiger partial charge in [0.1, 0.15) is 6.61 Å². The Hall–Kier alpha value is -3.42. The number of imide groups is 1. The Kier molecular flexibility index (Phi) is 7.37. The average Bonchev–Trinajstić information content (AvgIpc) is 3.08. The molecule has 0 aliphatic carbocycles. The SMILES string of the molecule is CCOc1cc(C(=O)NCCCN2C(=O)CCC2=O)ccc1OCc1ccncc1. The van der Waals surface area contributed by atoms with Crippen molar-refractivity contribution >= 4 is 17.7 Å². The first-order chi connectivity index (χ1) is 14.6. The molecule has 2 heterocycles. The number of amides is 3. The van der Waals surface area contributed by atoms with Crippen LogP contribution >= 0.6 is 0 Å². The number of carbonyl (C=O) groups excluding carboxylic acids is 3. The van der Waals surface area contributed by atoms with Crippen molar-refractivity contribution in [3.63, 3.8) is 0 Å². The van der Waals surface area contributed by atoms with Crippen LogP contribution in [0.5, 0.6) is 11.5 Å². The quantitative estimate of drug-likeness (QED) is 0.476. The first kappa shape index (κ1) is 21.3. The summed E-state index contributed by atoms with van der Waals surface area (Å²) in [5.74, 6) is 0.504. The minimum absolute atomic E-state index is 0.143. The van der Waals surface area contributed by atoms with Crippen LogP contribution in [0.3, 0.4) is 0 Å². The lowest BCUT2D eigenvalue weighted by Gasteiger charge is -2.15. The van der Waals surface area contributed by atoms with Gasteiger partial charge in [0.25, 0.3) is 5.91 Å². The molecule has 1 N–H and O–H groups in total. The summed E-state index contributed by atoms with van der Waals surface area (Å²) in [6, 6.07) is 8.76. The molecule has 158 valence electrons. The van der Waals surface area contributed by atoms with E-state index in [9.17, 15) is 14.4 Å². The van der Waals surface area contributed by atoms with Crippen LogP contribution in [0.2, 0.25) is 0 Å². The minimum atomic E-state index is -0.254. The predicted molar refractivity (Wildman–Crippen MR) is 109 cm³/mol. The number of pyridine rings is 1. The van der Waals surface area contributed by atoms with E-state index in [4.69, 9.17) is 9.47 Å². The molecule has 8 heteroatoms. The van der Waals surface area contributed by atoms with Crippen molar-refractivity contribution < 1.29 is 23.9 Å². The van der Waals surface area contributed by atoms with E-state index < -0.39 is 0 Å². The van der Waals surface area contributed by atoms with Gasteiger partial charge in [0, 0.05) is 43.9 Å². The Morgan fingerprint density at radius 3 is 2.50 bits per heavy atom. The molecule has 3 amide bonds. The maximum Gasteiger partial charge on any atom is 0.251 e. The highest BCUT2D eigenvalue weighted by molar-refractivity contribution is 6.01. The summed E-state index contributed by atoms with van der Waals surface area (Å²) in [5.41, 5.74) is 1.42. The van der Waals surface area contributed by atoms with E-state index in [1.807, 2.05) is 19.1 Å². The van der Waals surface area contributed by atoms with Crippen LogP contribution in [0.4, 0.5) is 0 Å². The molecule has 1 aromatic carbocycles. The Labute approximate surface area is 175 Å². The highest BCUT2D eigenvalue weighted by Crippen LogP contribution is 2.29. The lowest BCUT2D eigenvalue weighted by atomic mass is 10.2. The van der Waals surface area contributed by atoms with E-state index in [1.165, 1.54) is 4.90 Å². The van der Waals surface area contributed by atoms with E-state index in [2.05, 4.69) is 10.3 Å². The van der Waals surface area contributed by atoms with Crippen LogP contribution in [0.1, 0.15) is 42.1 Å². The zero-order chi connectivity index (χ0) is 21.3. The van der Waals surface area contributed by atoms with Crippen LogP contribution in [0.15, 0.2) is 42.7 Å². The van der Waals surface area contributed by atoms with Crippen molar-refractivity contribution in [2.75, 3.05) is 19.7 Å². The molecule has 0 radical (unpaired) electrons. The molecular formula is C22H25N3O5. The topological polar surface area (TPSA) is 97.8 Å². The summed E-state index contributed by atoms with van der Waals surface area (Å²) < 4.78 is 11.5. The van der Waals surface area contributed by atoms with Crippen molar-refractivity contribution in [2.45, 2.75) is 32.8 Å². The molecule has 1 fully saturated rings. The average molecular weight is 411 g/mol. The van der Waals surface area contributed by atoms with Crippen molar-refractivity contribution in [3.05, 3.63) is 53.9 Å². The monoisotopic (exact) mass is 411 g/mol. The van der Waals surface area contributed by atoms with Gasteiger partial charge >= 0.3 is 0 Å². The van der Waals surface area contributed by atoms with Crippen molar-refractivity contribution in [1.29, 1.82) is 0 Å². The number of carbonyl (C=O) groups is 3. The lowest BCUT2D eigenvalue weighted by Crippen LogP contribution is -2.33. The van der Waals surface area contributed by atoms with Gasteiger partial charge < -0.3 is 14.8 Å². The third-order valence-electron chi connectivity index (χ3n) is 4.65. The fraction of sp³-hybridized carbons (Fsp3) is 0.364. The summed E-state index contributed by atoms with van der Waals surface area (Å²) in [4.78, 5) is 40.9. The summed E-state index contributed by atoms with van der Waals surface area (Å²) >= 11 is 0. The van der Waals surface area contributed by atoms with Crippen LogP contribution in [-0.2, 0) is 16.2 Å². The molecule has 0 atom stereocenters. The first-order valence-corrected chi connectivity index (χ1v) is 9.98. The van der Waals surface area contributed by atoms with Crippen LogP contribution in [-0.4, -0.2) is 47.3 Å². The van der Waals surface area contributed by atoms with Gasteiger partial charge in [-0.15, -0.1) is 0 Å². The Balaban J connectivity index is 1.54. The van der Waals surface area contributed by atoms with Gasteiger partial charge in [-0.25, -0.2) is 0 Å². The normalized spacial score (nSPS) is 13.4. The zero-order valence-electron chi connectivity index (χ0n) is 16.9. The second-order valence-electron chi connectivity index (χ2n) is 6.79. The Morgan fingerprint density at radius 2 is 1.80 bits per heavy atom. The van der Waals surface area contributed by atoms with Gasteiger partial charge in [-0.2, -0.15) is 0 Å². The molecule has 0 saturated carbocycles. The number of nitrogens with zero attached hydrogens (tertiary/aromatic N) is 2. The fourth-order valence-electron chi connectivity index (χ4n) is 3.09. The third-order valence-corrected chi connectivity index (χ3v) is 4.65. The van der Waals surface area contributed by atoms with Crippen molar-refractivity contribution in [1.82, 2.24) is 15.2 Å². The molecule has 1 aliphatic heterocycles. The minimum Gasteiger partial charge on any atom is -0.490 e. The molecule has 0 spiro atoms. The molecule has 1 aromatic heterocycles. The molecule has 0 unspecified atom stereocenters. The van der Waals surface area contributed by atoms with Gasteiger partial charge in [0.2, 0.25) is 11.8 Å². The molecular weight excluding hydrogens is 386 g/mol. The van der Waals surface area contributed by atoms with Gasteiger partial charge in [0.15, 0.2) is 11.5 Å². The predicted octanol–water partition coefficient (Wildman–Crippen LogP) is 2.33. The fourth-order valence-corrected chi connectivity index (χ4v) is 3.09. The number of benzene rings is 1. The maximum absolute atomic E-state index is 12.5. The molecule has 0 bridgehead atoms. The number of nitrogens with one attached hydrogen (secondary N) is 1. The lowest BCUT2D eigenvalue weighted by molar-refractivity contribution is -0.138. The Morgan fingerprint density at radius 1 is 1.07 bits per heavy atom. The van der Waals surface area contributed by atoms with Gasteiger partial charge in [-0.05, 0) is 49.2 Å². The van der Waals surface area contributed by atoms with E-state index in [-0.39, 0.29) is 30.6 Å². The highest BCUT2D eigenvalue weighted by atomic mass is 16.5. The van der Waals surface area contributed by atoms with Gasteiger partial charge in [0.05, 0.1) is 6.61 Å². The maximum atomic E-state index is 12.5. The highest BCUT2D eigenvalue weighted by Gasteiger charge is 2.27. The standard InChI is InChI=1S/C22H25N3O5/c1-2-29-19-14-17(4-5-18(19)30-15-16-8-11-23-12-9-16)22(28)24-10-3-13-25-20(26)6-7-21(25)27/h4-5,8-9,11-12,14H,2-3,6-7,10,13,15H2,1H3,(H,24,28). The number of hydrogen-bond donors (Lipinski definition) is 1. The molecule has 1 saturated heterocycles. The summed E-state index contributed by atoms with van der Waals surface area (Å²) in [7, 11) is 0. The third kappa shape index (κ3) is 5.56. The zero-order valence-corrected chi connectivity index (χ0v) is 16.9. The van der Waals surface area contributed by atoms with E-state index in [1.54, 1.807) is 30.6 Å². The number of ether oxygens (including phenoxy) is 2. The van der Waals surface area contributed by atoms with E-state index >= 15 is 0 Å². The summed E-state index contributed by atoms with van der Waals surface area (Å²) in [6.45, 7) is 3.35.